The molecule has 56 valence electrons. The van der Waals surface area contributed by atoms with E-state index in [9.17, 15) is 0 Å². The molecule has 4 nitrogen and oxygen atoms in total. The van der Waals surface area contributed by atoms with E-state index in [1.807, 2.05) is 6.92 Å². The molecular formula is C6H11N3O. The first-order chi connectivity index (χ1) is 4.68. The summed E-state index contributed by atoms with van der Waals surface area (Å²) < 4.78 is 4.75. The predicted octanol–water partition coefficient (Wildman–Crippen LogP) is 0.268. The van der Waals surface area contributed by atoms with Crippen molar-refractivity contribution in [3.8, 4) is 0 Å². The van der Waals surface area contributed by atoms with Crippen LogP contribution in [0.1, 0.15) is 18.6 Å². The van der Waals surface area contributed by atoms with Crippen molar-refractivity contribution in [1.82, 2.24) is 10.1 Å². The van der Waals surface area contributed by atoms with Crippen molar-refractivity contribution in [1.29, 1.82) is 0 Å². The minimum absolute atomic E-state index is 0.0944. The Balaban J connectivity index is 2.58. The predicted molar refractivity (Wildman–Crippen MR) is 36.4 cm³/mol. The van der Waals surface area contributed by atoms with Gasteiger partial charge in [-0.1, -0.05) is 5.16 Å². The van der Waals surface area contributed by atoms with Gasteiger partial charge in [0.2, 0.25) is 5.89 Å². The second kappa shape index (κ2) is 2.79. The van der Waals surface area contributed by atoms with Crippen LogP contribution < -0.4 is 5.73 Å². The van der Waals surface area contributed by atoms with Crippen molar-refractivity contribution in [2.24, 2.45) is 5.73 Å². The quantitative estimate of drug-likeness (QED) is 0.642. The summed E-state index contributed by atoms with van der Waals surface area (Å²) in [5, 5.41) is 3.69. The topological polar surface area (TPSA) is 64.9 Å². The Morgan fingerprint density at radius 2 is 2.40 bits per heavy atom. The van der Waals surface area contributed by atoms with E-state index >= 15 is 0 Å². The summed E-state index contributed by atoms with van der Waals surface area (Å²) >= 11 is 0. The number of nitrogens with two attached hydrogens (primary N) is 1. The molecule has 0 amide bonds. The molecule has 0 saturated carbocycles. The molecule has 0 aliphatic carbocycles. The Labute approximate surface area is 59.4 Å². The van der Waals surface area contributed by atoms with E-state index in [2.05, 4.69) is 10.1 Å². The van der Waals surface area contributed by atoms with Crippen LogP contribution in [0.4, 0.5) is 0 Å². The standard InChI is InChI=1S/C6H11N3O/c1-4(7)3-6-8-5(2)10-9-6/h4H,3,7H2,1-2H3. The average Bonchev–Trinajstić information content (AvgIpc) is 2.13. The Morgan fingerprint density at radius 3 is 2.80 bits per heavy atom. The fraction of sp³-hybridized carbons (Fsp3) is 0.667. The van der Waals surface area contributed by atoms with Gasteiger partial charge in [0.1, 0.15) is 0 Å². The first-order valence-corrected chi connectivity index (χ1v) is 3.23. The molecule has 0 radical (unpaired) electrons. The second-order valence-corrected chi connectivity index (χ2v) is 2.41. The third-order valence-corrected chi connectivity index (χ3v) is 1.07. The average molecular weight is 141 g/mol. The first kappa shape index (κ1) is 7.21. The van der Waals surface area contributed by atoms with Crippen LogP contribution in [-0.4, -0.2) is 16.2 Å². The minimum Gasteiger partial charge on any atom is -0.340 e. The van der Waals surface area contributed by atoms with Crippen LogP contribution in [0.5, 0.6) is 0 Å². The molecule has 1 aromatic rings. The van der Waals surface area contributed by atoms with Crippen molar-refractivity contribution in [2.75, 3.05) is 0 Å². The molecule has 2 N–H and O–H groups in total. The molecular weight excluding hydrogens is 130 g/mol. The van der Waals surface area contributed by atoms with Crippen LogP contribution in [0.2, 0.25) is 0 Å². The van der Waals surface area contributed by atoms with E-state index < -0.39 is 0 Å². The van der Waals surface area contributed by atoms with E-state index in [-0.39, 0.29) is 6.04 Å². The Kier molecular flexibility index (Phi) is 2.01. The molecule has 0 aliphatic rings. The van der Waals surface area contributed by atoms with Gasteiger partial charge in [-0.05, 0) is 6.92 Å². The Morgan fingerprint density at radius 1 is 1.70 bits per heavy atom. The van der Waals surface area contributed by atoms with E-state index in [1.165, 1.54) is 0 Å². The van der Waals surface area contributed by atoms with Gasteiger partial charge in [0, 0.05) is 19.4 Å². The lowest BCUT2D eigenvalue weighted by atomic mass is 10.2. The summed E-state index contributed by atoms with van der Waals surface area (Å²) in [6.45, 7) is 3.67. The number of hydrogen-bond acceptors (Lipinski definition) is 4. The van der Waals surface area contributed by atoms with Gasteiger partial charge in [-0.25, -0.2) is 0 Å². The van der Waals surface area contributed by atoms with Crippen molar-refractivity contribution in [2.45, 2.75) is 26.3 Å². The molecule has 1 aromatic heterocycles. The normalized spacial score (nSPS) is 13.5. The highest BCUT2D eigenvalue weighted by Gasteiger charge is 2.03. The van der Waals surface area contributed by atoms with Crippen LogP contribution in [0.3, 0.4) is 0 Å². The largest absolute Gasteiger partial charge is 0.340 e. The zero-order chi connectivity index (χ0) is 7.56. The molecule has 1 heterocycles. The summed E-state index contributed by atoms with van der Waals surface area (Å²) in [5.74, 6) is 1.28. The molecule has 10 heavy (non-hydrogen) atoms. The maximum atomic E-state index is 5.51. The van der Waals surface area contributed by atoms with E-state index in [0.29, 0.717) is 18.1 Å². The minimum atomic E-state index is 0.0944. The molecule has 4 heteroatoms. The fourth-order valence-electron chi connectivity index (χ4n) is 0.712. The summed E-state index contributed by atoms with van der Waals surface area (Å²) in [7, 11) is 0. The summed E-state index contributed by atoms with van der Waals surface area (Å²) in [4.78, 5) is 3.99. The summed E-state index contributed by atoms with van der Waals surface area (Å²) in [6.07, 6.45) is 0.678. The van der Waals surface area contributed by atoms with Crippen LogP contribution in [0, 0.1) is 6.92 Å². The molecule has 0 bridgehead atoms. The fourth-order valence-corrected chi connectivity index (χ4v) is 0.712. The van der Waals surface area contributed by atoms with Gasteiger partial charge >= 0.3 is 0 Å². The molecule has 0 aliphatic heterocycles. The third kappa shape index (κ3) is 1.80. The molecule has 0 aromatic carbocycles. The molecule has 0 spiro atoms. The lowest BCUT2D eigenvalue weighted by Gasteiger charge is -1.96. The third-order valence-electron chi connectivity index (χ3n) is 1.07. The maximum Gasteiger partial charge on any atom is 0.223 e. The van der Waals surface area contributed by atoms with Crippen LogP contribution >= 0.6 is 0 Å². The highest BCUT2D eigenvalue weighted by molar-refractivity contribution is 4.86. The van der Waals surface area contributed by atoms with Crippen LogP contribution in [0.15, 0.2) is 4.52 Å². The van der Waals surface area contributed by atoms with Gasteiger partial charge in [0.05, 0.1) is 0 Å². The van der Waals surface area contributed by atoms with Gasteiger partial charge in [-0.15, -0.1) is 0 Å². The smallest absolute Gasteiger partial charge is 0.223 e. The van der Waals surface area contributed by atoms with Crippen molar-refractivity contribution >= 4 is 0 Å². The first-order valence-electron chi connectivity index (χ1n) is 3.23. The SMILES string of the molecule is Cc1nc(CC(C)N)no1. The zero-order valence-corrected chi connectivity index (χ0v) is 6.16. The van der Waals surface area contributed by atoms with Crippen molar-refractivity contribution < 1.29 is 4.52 Å². The van der Waals surface area contributed by atoms with Crippen molar-refractivity contribution in [3.05, 3.63) is 11.7 Å². The zero-order valence-electron chi connectivity index (χ0n) is 6.16. The van der Waals surface area contributed by atoms with Crippen molar-refractivity contribution in [3.63, 3.8) is 0 Å². The number of aryl methyl sites for hydroxylation is 1. The Bertz CT molecular complexity index is 207. The number of nitrogens with zero attached hydrogens (tertiary/aromatic N) is 2. The number of aromatic nitrogens is 2. The highest BCUT2D eigenvalue weighted by Crippen LogP contribution is 1.96. The number of hydrogen-bond donors (Lipinski definition) is 1. The van der Waals surface area contributed by atoms with Gasteiger partial charge < -0.3 is 10.3 Å². The molecule has 0 fully saturated rings. The highest BCUT2D eigenvalue weighted by atomic mass is 16.5. The second-order valence-electron chi connectivity index (χ2n) is 2.41. The van der Waals surface area contributed by atoms with Crippen LogP contribution in [-0.2, 0) is 6.42 Å². The van der Waals surface area contributed by atoms with E-state index in [0.717, 1.165) is 0 Å². The van der Waals surface area contributed by atoms with Gasteiger partial charge in [0.25, 0.3) is 0 Å². The van der Waals surface area contributed by atoms with E-state index in [4.69, 9.17) is 10.3 Å². The van der Waals surface area contributed by atoms with Gasteiger partial charge in [-0.2, -0.15) is 4.98 Å². The number of rotatable bonds is 2. The van der Waals surface area contributed by atoms with E-state index in [1.54, 1.807) is 6.92 Å². The Hall–Kier alpha value is -0.900. The molecule has 0 saturated heterocycles. The molecule has 1 unspecified atom stereocenters. The summed E-state index contributed by atoms with van der Waals surface area (Å²) in [5.41, 5.74) is 5.51. The van der Waals surface area contributed by atoms with Gasteiger partial charge in [-0.3, -0.25) is 0 Å². The maximum absolute atomic E-state index is 5.51. The lowest BCUT2D eigenvalue weighted by molar-refractivity contribution is 0.386. The van der Waals surface area contributed by atoms with Gasteiger partial charge in [0.15, 0.2) is 5.82 Å². The molecule has 1 rings (SSSR count). The molecule has 1 atom stereocenters. The summed E-state index contributed by atoms with van der Waals surface area (Å²) in [6, 6.07) is 0.0944. The monoisotopic (exact) mass is 141 g/mol. The van der Waals surface area contributed by atoms with Crippen LogP contribution in [0.25, 0.3) is 0 Å². The lowest BCUT2D eigenvalue weighted by Crippen LogP contribution is -2.18.